The Kier molecular flexibility index (Phi) is 4.49. The molecule has 3 aromatic rings. The van der Waals surface area contributed by atoms with Gasteiger partial charge in [-0.2, -0.15) is 18.9 Å². The number of piperazine rings is 1. The Morgan fingerprint density at radius 2 is 1.90 bits per heavy atom. The van der Waals surface area contributed by atoms with Crippen molar-refractivity contribution in [1.29, 1.82) is 0 Å². The maximum absolute atomic E-state index is 14.5. The molecule has 166 valence electrons. The van der Waals surface area contributed by atoms with E-state index in [1.54, 1.807) is 24.0 Å². The van der Waals surface area contributed by atoms with E-state index in [-0.39, 0.29) is 11.3 Å². The SMILES string of the molecule is Cn1ccc(-c2ccc(OC(F)(F)C(C)(C)O)c3nc(N4CC5CCC(C4)N5)oc23)n1. The number of alkyl halides is 2. The van der Waals surface area contributed by atoms with E-state index < -0.39 is 11.7 Å². The Morgan fingerprint density at radius 3 is 2.52 bits per heavy atom. The van der Waals surface area contributed by atoms with Gasteiger partial charge < -0.3 is 24.5 Å². The van der Waals surface area contributed by atoms with Crippen molar-refractivity contribution in [3.05, 3.63) is 24.4 Å². The zero-order chi connectivity index (χ0) is 22.0. The lowest BCUT2D eigenvalue weighted by Gasteiger charge is -2.31. The molecule has 2 saturated heterocycles. The van der Waals surface area contributed by atoms with Gasteiger partial charge in [-0.25, -0.2) is 0 Å². The summed E-state index contributed by atoms with van der Waals surface area (Å²) >= 11 is 0. The first-order chi connectivity index (χ1) is 14.6. The third-order valence-electron chi connectivity index (χ3n) is 5.92. The Labute approximate surface area is 177 Å². The van der Waals surface area contributed by atoms with E-state index in [0.717, 1.165) is 39.8 Å². The summed E-state index contributed by atoms with van der Waals surface area (Å²) in [5, 5.41) is 17.8. The van der Waals surface area contributed by atoms with Crippen LogP contribution in [0, 0.1) is 0 Å². The highest BCUT2D eigenvalue weighted by atomic mass is 19.3. The van der Waals surface area contributed by atoms with Crippen LogP contribution in [0.3, 0.4) is 0 Å². The maximum atomic E-state index is 14.5. The van der Waals surface area contributed by atoms with Crippen molar-refractivity contribution in [3.8, 4) is 17.0 Å². The van der Waals surface area contributed by atoms with Crippen LogP contribution in [0.1, 0.15) is 26.7 Å². The molecule has 2 N–H and O–H groups in total. The number of aromatic nitrogens is 3. The van der Waals surface area contributed by atoms with Gasteiger partial charge in [0.25, 0.3) is 6.01 Å². The molecule has 2 bridgehead atoms. The molecule has 8 nitrogen and oxygen atoms in total. The predicted octanol–water partition coefficient (Wildman–Crippen LogP) is 2.91. The number of rotatable bonds is 5. The molecule has 10 heteroatoms. The maximum Gasteiger partial charge on any atom is 0.426 e. The van der Waals surface area contributed by atoms with Crippen LogP contribution >= 0.6 is 0 Å². The number of nitrogens with zero attached hydrogens (tertiary/aromatic N) is 4. The fraction of sp³-hybridized carbons (Fsp3) is 0.524. The van der Waals surface area contributed by atoms with Gasteiger partial charge in [0.1, 0.15) is 0 Å². The van der Waals surface area contributed by atoms with Crippen LogP contribution < -0.4 is 15.0 Å². The van der Waals surface area contributed by atoms with E-state index in [9.17, 15) is 13.9 Å². The molecule has 0 spiro atoms. The molecular formula is C21H25F2N5O3. The molecule has 2 aliphatic rings. The molecule has 5 rings (SSSR count). The van der Waals surface area contributed by atoms with Crippen molar-refractivity contribution >= 4 is 17.1 Å². The monoisotopic (exact) mass is 433 g/mol. The molecule has 2 atom stereocenters. The molecule has 0 aliphatic carbocycles. The molecule has 4 heterocycles. The second-order valence-electron chi connectivity index (χ2n) is 8.88. The van der Waals surface area contributed by atoms with Crippen LogP contribution in [0.5, 0.6) is 5.75 Å². The number of anilines is 1. The third-order valence-corrected chi connectivity index (χ3v) is 5.92. The zero-order valence-corrected chi connectivity index (χ0v) is 17.6. The van der Waals surface area contributed by atoms with Crippen LogP contribution in [-0.4, -0.2) is 56.8 Å². The van der Waals surface area contributed by atoms with Gasteiger partial charge in [-0.05, 0) is 44.9 Å². The molecule has 2 fully saturated rings. The summed E-state index contributed by atoms with van der Waals surface area (Å²) in [6.07, 6.45) is 0.151. The molecule has 0 saturated carbocycles. The Balaban J connectivity index is 1.60. The van der Waals surface area contributed by atoms with Crippen molar-refractivity contribution in [2.45, 2.75) is 50.5 Å². The average molecular weight is 433 g/mol. The van der Waals surface area contributed by atoms with Crippen LogP contribution in [0.25, 0.3) is 22.4 Å². The number of halogens is 2. The summed E-state index contributed by atoms with van der Waals surface area (Å²) in [6.45, 7) is 3.46. The number of aryl methyl sites for hydroxylation is 1. The lowest BCUT2D eigenvalue weighted by molar-refractivity contribution is -0.275. The van der Waals surface area contributed by atoms with Crippen molar-refractivity contribution in [2.75, 3.05) is 18.0 Å². The largest absolute Gasteiger partial charge is 0.428 e. The highest BCUT2D eigenvalue weighted by molar-refractivity contribution is 5.94. The summed E-state index contributed by atoms with van der Waals surface area (Å²) in [4.78, 5) is 6.59. The van der Waals surface area contributed by atoms with Crippen molar-refractivity contribution in [1.82, 2.24) is 20.1 Å². The van der Waals surface area contributed by atoms with Crippen LogP contribution in [0.4, 0.5) is 14.8 Å². The molecular weight excluding hydrogens is 408 g/mol. The number of benzene rings is 1. The molecule has 31 heavy (non-hydrogen) atoms. The molecule has 1 aromatic carbocycles. The summed E-state index contributed by atoms with van der Waals surface area (Å²) < 4.78 is 41.7. The molecule has 2 aliphatic heterocycles. The lowest BCUT2D eigenvalue weighted by Crippen LogP contribution is -2.51. The van der Waals surface area contributed by atoms with Gasteiger partial charge in [0.05, 0.1) is 5.69 Å². The first kappa shape index (κ1) is 20.2. The summed E-state index contributed by atoms with van der Waals surface area (Å²) in [5.41, 5.74) is -0.608. The summed E-state index contributed by atoms with van der Waals surface area (Å²) in [7, 11) is 1.80. The molecule has 2 unspecified atom stereocenters. The van der Waals surface area contributed by atoms with Crippen LogP contribution in [-0.2, 0) is 7.05 Å². The number of nitrogens with one attached hydrogen (secondary N) is 1. The first-order valence-corrected chi connectivity index (χ1v) is 10.3. The smallest absolute Gasteiger partial charge is 0.426 e. The normalized spacial score (nSPS) is 21.8. The van der Waals surface area contributed by atoms with E-state index in [1.165, 1.54) is 6.07 Å². The van der Waals surface area contributed by atoms with Crippen LogP contribution in [0.2, 0.25) is 0 Å². The minimum Gasteiger partial charge on any atom is -0.428 e. The number of hydrogen-bond acceptors (Lipinski definition) is 7. The number of ether oxygens (including phenoxy) is 1. The van der Waals surface area contributed by atoms with E-state index >= 15 is 0 Å². The highest BCUT2D eigenvalue weighted by Crippen LogP contribution is 2.40. The van der Waals surface area contributed by atoms with Gasteiger partial charge in [-0.1, -0.05) is 0 Å². The van der Waals surface area contributed by atoms with Crippen LogP contribution in [0.15, 0.2) is 28.8 Å². The van der Waals surface area contributed by atoms with Crippen molar-refractivity contribution in [3.63, 3.8) is 0 Å². The van der Waals surface area contributed by atoms with Gasteiger partial charge in [0, 0.05) is 44.0 Å². The van der Waals surface area contributed by atoms with Gasteiger partial charge >= 0.3 is 6.11 Å². The topological polar surface area (TPSA) is 88.6 Å². The molecule has 0 amide bonds. The average Bonchev–Trinajstić information content (AvgIpc) is 3.40. The standard InChI is InChI=1S/C21H25F2N5O3/c1-20(2,29)21(22,23)31-16-7-6-14(15-8-9-27(3)26-15)18-17(16)25-19(30-18)28-10-12-4-5-13(11-28)24-12/h6-9,12-13,24,29H,4-5,10-11H2,1-3H3. The molecule has 2 aromatic heterocycles. The first-order valence-electron chi connectivity index (χ1n) is 10.3. The number of hydrogen-bond donors (Lipinski definition) is 2. The Morgan fingerprint density at radius 1 is 1.19 bits per heavy atom. The molecule has 0 radical (unpaired) electrons. The van der Waals surface area contributed by atoms with E-state index in [2.05, 4.69) is 15.4 Å². The number of oxazole rings is 1. The summed E-state index contributed by atoms with van der Waals surface area (Å²) in [6, 6.07) is 5.94. The van der Waals surface area contributed by atoms with Gasteiger partial charge in [-0.15, -0.1) is 0 Å². The highest BCUT2D eigenvalue weighted by Gasteiger charge is 2.49. The van der Waals surface area contributed by atoms with Crippen molar-refractivity contribution < 1.29 is 23.0 Å². The number of fused-ring (bicyclic) bond motifs is 3. The minimum atomic E-state index is -3.82. The predicted molar refractivity (Wildman–Crippen MR) is 110 cm³/mol. The zero-order valence-electron chi connectivity index (χ0n) is 17.6. The second-order valence-corrected chi connectivity index (χ2v) is 8.88. The van der Waals surface area contributed by atoms with E-state index in [0.29, 0.717) is 34.9 Å². The fourth-order valence-corrected chi connectivity index (χ4v) is 4.17. The quantitative estimate of drug-likeness (QED) is 0.640. The number of aliphatic hydroxyl groups is 1. The minimum absolute atomic E-state index is 0.157. The summed E-state index contributed by atoms with van der Waals surface area (Å²) in [5.74, 6) is -0.157. The van der Waals surface area contributed by atoms with Gasteiger partial charge in [-0.3, -0.25) is 4.68 Å². The third kappa shape index (κ3) is 3.53. The fourth-order valence-electron chi connectivity index (χ4n) is 4.17. The lowest BCUT2D eigenvalue weighted by atomic mass is 10.1. The van der Waals surface area contributed by atoms with Crippen molar-refractivity contribution in [2.24, 2.45) is 7.05 Å². The van der Waals surface area contributed by atoms with E-state index in [4.69, 9.17) is 9.15 Å². The second kappa shape index (κ2) is 6.89. The van der Waals surface area contributed by atoms with E-state index in [1.807, 2.05) is 11.0 Å². The Bertz CT molecular complexity index is 1110. The van der Waals surface area contributed by atoms with Gasteiger partial charge in [0.2, 0.25) is 0 Å². The Hall–Kier alpha value is -2.72. The van der Waals surface area contributed by atoms with Gasteiger partial charge in [0.15, 0.2) is 22.5 Å².